The van der Waals surface area contributed by atoms with Gasteiger partial charge in [0.25, 0.3) is 0 Å². The van der Waals surface area contributed by atoms with Crippen molar-refractivity contribution < 1.29 is 24.2 Å². The largest absolute Gasteiger partial charge is 0.480 e. The maximum absolute atomic E-state index is 12.7. The van der Waals surface area contributed by atoms with E-state index in [9.17, 15) is 19.5 Å². The predicted molar refractivity (Wildman–Crippen MR) is 206 cm³/mol. The maximum atomic E-state index is 12.7. The van der Waals surface area contributed by atoms with E-state index >= 15 is 0 Å². The van der Waals surface area contributed by atoms with Crippen molar-refractivity contribution in [1.82, 2.24) is 5.32 Å². The summed E-state index contributed by atoms with van der Waals surface area (Å²) >= 11 is 0. The van der Waals surface area contributed by atoms with Gasteiger partial charge in [0.15, 0.2) is 0 Å². The fourth-order valence-corrected chi connectivity index (χ4v) is 5.65. The molecule has 0 spiro atoms. The van der Waals surface area contributed by atoms with Gasteiger partial charge in [-0.1, -0.05) is 146 Å². The van der Waals surface area contributed by atoms with Gasteiger partial charge in [0.05, 0.1) is 0 Å². The first-order chi connectivity index (χ1) is 23.9. The molecule has 2 atom stereocenters. The van der Waals surface area contributed by atoms with Gasteiger partial charge in [-0.25, -0.2) is 4.79 Å². The summed E-state index contributed by atoms with van der Waals surface area (Å²) in [7, 11) is 0. The summed E-state index contributed by atoms with van der Waals surface area (Å²) in [6.07, 6.45) is 43.1. The van der Waals surface area contributed by atoms with E-state index in [0.717, 1.165) is 51.4 Å². The lowest BCUT2D eigenvalue weighted by Gasteiger charge is -2.15. The third-order valence-electron chi connectivity index (χ3n) is 8.64. The molecule has 0 saturated heterocycles. The van der Waals surface area contributed by atoms with E-state index in [4.69, 9.17) is 10.5 Å². The molecule has 2 unspecified atom stereocenters. The van der Waals surface area contributed by atoms with E-state index in [1.165, 1.54) is 77.0 Å². The van der Waals surface area contributed by atoms with Crippen LogP contribution in [0.1, 0.15) is 181 Å². The van der Waals surface area contributed by atoms with E-state index in [1.807, 2.05) is 6.08 Å². The Morgan fingerprint density at radius 3 is 1.63 bits per heavy atom. The molecule has 7 heteroatoms. The molecule has 1 amide bonds. The summed E-state index contributed by atoms with van der Waals surface area (Å²) in [6, 6.07) is -0.891. The summed E-state index contributed by atoms with van der Waals surface area (Å²) in [5.41, 5.74) is 5.48. The highest BCUT2D eigenvalue weighted by Gasteiger charge is 2.19. The Morgan fingerprint density at radius 2 is 1.10 bits per heavy atom. The van der Waals surface area contributed by atoms with Gasteiger partial charge in [-0.2, -0.15) is 0 Å². The van der Waals surface area contributed by atoms with Gasteiger partial charge in [0.2, 0.25) is 5.91 Å². The molecular formula is C42H74N2O5. The zero-order valence-corrected chi connectivity index (χ0v) is 31.5. The monoisotopic (exact) mass is 687 g/mol. The quantitative estimate of drug-likeness (QED) is 0.0347. The first-order valence-corrected chi connectivity index (χ1v) is 20.0. The number of carbonyl (C=O) groups is 3. The normalized spacial score (nSPS) is 13.2. The van der Waals surface area contributed by atoms with Crippen LogP contribution in [0, 0.1) is 0 Å². The Kier molecular flexibility index (Phi) is 34.6. The Balaban J connectivity index is 4.47. The van der Waals surface area contributed by atoms with E-state index in [2.05, 4.69) is 61.7 Å². The van der Waals surface area contributed by atoms with Crippen LogP contribution in [0.5, 0.6) is 0 Å². The van der Waals surface area contributed by atoms with Crippen LogP contribution in [0.25, 0.3) is 0 Å². The fraction of sp³-hybridized carbons (Fsp3) is 0.738. The fourth-order valence-electron chi connectivity index (χ4n) is 5.65. The summed E-state index contributed by atoms with van der Waals surface area (Å²) in [5.74, 6) is -1.42. The Morgan fingerprint density at radius 1 is 0.612 bits per heavy atom. The number of allylic oxidation sites excluding steroid dienone is 7. The average molecular weight is 687 g/mol. The smallest absolute Gasteiger partial charge is 0.326 e. The zero-order chi connectivity index (χ0) is 36.0. The third kappa shape index (κ3) is 33.6. The van der Waals surface area contributed by atoms with Crippen molar-refractivity contribution in [1.29, 1.82) is 0 Å². The Bertz CT molecular complexity index is 911. The lowest BCUT2D eigenvalue weighted by atomic mass is 10.0. The van der Waals surface area contributed by atoms with Crippen molar-refractivity contribution in [3.05, 3.63) is 48.6 Å². The van der Waals surface area contributed by atoms with Crippen LogP contribution in [0.4, 0.5) is 0 Å². The van der Waals surface area contributed by atoms with Gasteiger partial charge < -0.3 is 20.9 Å². The van der Waals surface area contributed by atoms with Gasteiger partial charge in [-0.05, 0) is 76.8 Å². The summed E-state index contributed by atoms with van der Waals surface area (Å²) in [5, 5.41) is 11.9. The van der Waals surface area contributed by atoms with Crippen molar-refractivity contribution in [2.45, 2.75) is 193 Å². The number of esters is 1. The van der Waals surface area contributed by atoms with Gasteiger partial charge in [-0.15, -0.1) is 0 Å². The second-order valence-electron chi connectivity index (χ2n) is 13.3. The minimum Gasteiger partial charge on any atom is -0.480 e. The molecule has 0 rings (SSSR count). The first-order valence-electron chi connectivity index (χ1n) is 20.0. The number of nitrogens with one attached hydrogen (secondary N) is 1. The second-order valence-corrected chi connectivity index (χ2v) is 13.3. The van der Waals surface area contributed by atoms with Crippen LogP contribution in [0.15, 0.2) is 48.6 Å². The molecule has 0 aromatic heterocycles. The number of unbranched alkanes of at least 4 members (excludes halogenated alkanes) is 15. The van der Waals surface area contributed by atoms with Crippen molar-refractivity contribution in [2.24, 2.45) is 5.73 Å². The molecule has 0 radical (unpaired) electrons. The number of hydrogen-bond acceptors (Lipinski definition) is 5. The number of amides is 1. The highest BCUT2D eigenvalue weighted by molar-refractivity contribution is 5.83. The highest BCUT2D eigenvalue weighted by Crippen LogP contribution is 2.15. The first kappa shape index (κ1) is 46.3. The summed E-state index contributed by atoms with van der Waals surface area (Å²) in [4.78, 5) is 36.3. The van der Waals surface area contributed by atoms with Crippen LogP contribution >= 0.6 is 0 Å². The average Bonchev–Trinajstić information content (AvgIpc) is 3.08. The Labute approximate surface area is 300 Å². The molecule has 282 valence electrons. The number of carboxylic acids is 1. The second kappa shape index (κ2) is 36.6. The molecule has 4 N–H and O–H groups in total. The molecule has 0 aliphatic rings. The number of ether oxygens (including phenoxy) is 1. The molecule has 0 heterocycles. The van der Waals surface area contributed by atoms with E-state index in [0.29, 0.717) is 38.6 Å². The minimum absolute atomic E-state index is 0.136. The molecule has 0 aliphatic heterocycles. The molecule has 0 aliphatic carbocycles. The molecule has 0 fully saturated rings. The van der Waals surface area contributed by atoms with Crippen molar-refractivity contribution in [3.63, 3.8) is 0 Å². The molecule has 0 aromatic carbocycles. The van der Waals surface area contributed by atoms with E-state index in [-0.39, 0.29) is 24.4 Å². The molecule has 49 heavy (non-hydrogen) atoms. The number of aliphatic carboxylic acids is 1. The van der Waals surface area contributed by atoms with Gasteiger partial charge >= 0.3 is 11.9 Å². The number of carboxylic acid groups (broad SMARTS) is 1. The zero-order valence-electron chi connectivity index (χ0n) is 31.5. The van der Waals surface area contributed by atoms with Crippen molar-refractivity contribution in [3.8, 4) is 0 Å². The lowest BCUT2D eigenvalue weighted by molar-refractivity contribution is -0.147. The maximum Gasteiger partial charge on any atom is 0.326 e. The number of rotatable bonds is 35. The SMILES string of the molecule is CC/C=C\C/C=C\C/C=C\C/C=C\C(CCCCCC(=O)NC(CCCN)C(=O)O)OC(=O)CCCCCCCCCCCCCCCC. The van der Waals surface area contributed by atoms with Crippen LogP contribution < -0.4 is 11.1 Å². The highest BCUT2D eigenvalue weighted by atomic mass is 16.5. The van der Waals surface area contributed by atoms with Crippen LogP contribution in [-0.2, 0) is 19.1 Å². The van der Waals surface area contributed by atoms with Crippen LogP contribution in [0.2, 0.25) is 0 Å². The predicted octanol–water partition coefficient (Wildman–Crippen LogP) is 10.8. The third-order valence-corrected chi connectivity index (χ3v) is 8.64. The molecular weight excluding hydrogens is 612 g/mol. The number of carbonyl (C=O) groups excluding carboxylic acids is 2. The molecule has 7 nitrogen and oxygen atoms in total. The summed E-state index contributed by atoms with van der Waals surface area (Å²) in [6.45, 7) is 4.79. The van der Waals surface area contributed by atoms with Crippen LogP contribution in [0.3, 0.4) is 0 Å². The number of hydrogen-bond donors (Lipinski definition) is 3. The topological polar surface area (TPSA) is 119 Å². The summed E-state index contributed by atoms with van der Waals surface area (Å²) < 4.78 is 5.88. The van der Waals surface area contributed by atoms with Gasteiger partial charge in [0.1, 0.15) is 12.1 Å². The lowest BCUT2D eigenvalue weighted by Crippen LogP contribution is -2.40. The van der Waals surface area contributed by atoms with Crippen LogP contribution in [-0.4, -0.2) is 41.6 Å². The van der Waals surface area contributed by atoms with Crippen molar-refractivity contribution >= 4 is 17.8 Å². The van der Waals surface area contributed by atoms with Gasteiger partial charge in [-0.3, -0.25) is 9.59 Å². The minimum atomic E-state index is -1.03. The van der Waals surface area contributed by atoms with Gasteiger partial charge in [0, 0.05) is 12.8 Å². The molecule has 0 saturated carbocycles. The Hall–Kier alpha value is -2.67. The molecule has 0 bridgehead atoms. The van der Waals surface area contributed by atoms with E-state index < -0.39 is 12.0 Å². The molecule has 0 aromatic rings. The standard InChI is InChI=1S/C42H74N2O5/c1-3-5-7-9-11-13-15-16-17-19-21-23-25-30-36-41(46)49-38(32-27-24-22-20-18-14-12-10-8-6-4-2)33-28-26-29-35-40(45)44-39(42(47)48)34-31-37-43/h6,8,12,14,20,22,27,32,38-39H,3-5,7,9-11,13,15-19,21,23-26,28-31,33-37,43H2,1-2H3,(H,44,45)(H,47,48)/b8-6-,14-12-,22-20-,32-27-. The van der Waals surface area contributed by atoms with E-state index in [1.54, 1.807) is 0 Å². The van der Waals surface area contributed by atoms with Crippen molar-refractivity contribution in [2.75, 3.05) is 6.54 Å². The number of nitrogens with two attached hydrogens (primary N) is 1.